The third kappa shape index (κ3) is 8.40. The fourth-order valence-electron chi connectivity index (χ4n) is 4.24. The van der Waals surface area contributed by atoms with Crippen molar-refractivity contribution in [1.82, 2.24) is 15.1 Å². The number of rotatable bonds is 9. The molecule has 1 N–H and O–H groups in total. The molecule has 2 fully saturated rings. The Hall–Kier alpha value is -1.01. The minimum atomic E-state index is -0.208. The molecule has 7 nitrogen and oxygen atoms in total. The summed E-state index contributed by atoms with van der Waals surface area (Å²) in [6.07, 6.45) is 3.25. The molecule has 0 spiro atoms. The lowest BCUT2D eigenvalue weighted by atomic mass is 10.0. The number of hydrogen-bond acceptors (Lipinski definition) is 5. The van der Waals surface area contributed by atoms with Gasteiger partial charge in [0.25, 0.3) is 0 Å². The van der Waals surface area contributed by atoms with Gasteiger partial charge in [-0.2, -0.15) is 0 Å². The van der Waals surface area contributed by atoms with Crippen LogP contribution in [0.15, 0.2) is 29.3 Å². The second-order valence-corrected chi connectivity index (χ2v) is 8.05. The van der Waals surface area contributed by atoms with E-state index < -0.39 is 0 Å². The van der Waals surface area contributed by atoms with Crippen LogP contribution in [-0.4, -0.2) is 95.2 Å². The molecule has 0 aliphatic carbocycles. The van der Waals surface area contributed by atoms with Crippen molar-refractivity contribution in [2.24, 2.45) is 4.99 Å². The second kappa shape index (κ2) is 15.0. The zero-order valence-electron chi connectivity index (χ0n) is 19.3. The quantitative estimate of drug-likeness (QED) is 0.216. The topological polar surface area (TPSA) is 58.6 Å². The maximum absolute atomic E-state index is 13.5. The Bertz CT molecular complexity index is 666. The van der Waals surface area contributed by atoms with Gasteiger partial charge in [0.15, 0.2) is 5.96 Å². The number of nitrogens with one attached hydrogen (secondary N) is 1. The maximum atomic E-state index is 13.5. The lowest BCUT2D eigenvalue weighted by Gasteiger charge is -2.37. The Kier molecular flexibility index (Phi) is 12.8. The van der Waals surface area contributed by atoms with Gasteiger partial charge >= 0.3 is 0 Å². The third-order valence-corrected chi connectivity index (χ3v) is 5.99. The van der Waals surface area contributed by atoms with Crippen molar-refractivity contribution in [2.75, 3.05) is 73.3 Å². The number of aliphatic imine (C=N–C) groups is 1. The summed E-state index contributed by atoms with van der Waals surface area (Å²) in [5.74, 6) is 0.707. The van der Waals surface area contributed by atoms with Crippen molar-refractivity contribution in [3.8, 4) is 0 Å². The molecule has 2 heterocycles. The summed E-state index contributed by atoms with van der Waals surface area (Å²) >= 11 is 0. The smallest absolute Gasteiger partial charge is 0.193 e. The summed E-state index contributed by atoms with van der Waals surface area (Å²) < 4.78 is 30.0. The van der Waals surface area contributed by atoms with Crippen molar-refractivity contribution in [3.05, 3.63) is 35.6 Å². The molecule has 1 atom stereocenters. The van der Waals surface area contributed by atoms with Crippen LogP contribution in [0.3, 0.4) is 0 Å². The van der Waals surface area contributed by atoms with E-state index >= 15 is 0 Å². The summed E-state index contributed by atoms with van der Waals surface area (Å²) in [6, 6.07) is 6.98. The SMILES string of the molecule is CN=C(NCC(c1ccc(F)cc1)N1CCOCC1)N1CCC(OCCCOC)CC1.I. The van der Waals surface area contributed by atoms with Crippen molar-refractivity contribution < 1.29 is 18.6 Å². The standard InChI is InChI=1S/C23H37FN4O3.HI/c1-25-23(28-10-8-21(9-11-28)31-15-3-14-29-2)26-18-22(27-12-16-30-17-13-27)19-4-6-20(24)7-5-19;/h4-7,21-22H,3,8-18H2,1-2H3,(H,25,26);1H. The maximum Gasteiger partial charge on any atom is 0.193 e. The molecule has 0 bridgehead atoms. The summed E-state index contributed by atoms with van der Waals surface area (Å²) in [5.41, 5.74) is 1.11. The summed E-state index contributed by atoms with van der Waals surface area (Å²) in [5, 5.41) is 3.57. The first-order valence-corrected chi connectivity index (χ1v) is 11.3. The van der Waals surface area contributed by atoms with Gasteiger partial charge in [0.2, 0.25) is 0 Å². The zero-order chi connectivity index (χ0) is 21.9. The van der Waals surface area contributed by atoms with Crippen LogP contribution in [0, 0.1) is 5.82 Å². The van der Waals surface area contributed by atoms with Crippen LogP contribution in [0.2, 0.25) is 0 Å². The molecule has 1 unspecified atom stereocenters. The lowest BCUT2D eigenvalue weighted by Crippen LogP contribution is -2.50. The Morgan fingerprint density at radius 1 is 1.16 bits per heavy atom. The van der Waals surface area contributed by atoms with Gasteiger partial charge in [-0.05, 0) is 37.0 Å². The molecule has 1 aromatic carbocycles. The minimum Gasteiger partial charge on any atom is -0.385 e. The molecule has 2 aliphatic rings. The van der Waals surface area contributed by atoms with E-state index in [2.05, 4.69) is 20.1 Å². The summed E-state index contributed by atoms with van der Waals surface area (Å²) in [4.78, 5) is 9.22. The first-order valence-electron chi connectivity index (χ1n) is 11.3. The average Bonchev–Trinajstić information content (AvgIpc) is 2.82. The van der Waals surface area contributed by atoms with E-state index in [1.807, 2.05) is 19.2 Å². The van der Waals surface area contributed by atoms with Crippen molar-refractivity contribution in [2.45, 2.75) is 31.4 Å². The van der Waals surface area contributed by atoms with Crippen LogP contribution < -0.4 is 5.32 Å². The highest BCUT2D eigenvalue weighted by molar-refractivity contribution is 14.0. The molecule has 2 aliphatic heterocycles. The number of morpholine rings is 1. The van der Waals surface area contributed by atoms with Crippen LogP contribution in [-0.2, 0) is 14.2 Å². The molecule has 0 amide bonds. The Morgan fingerprint density at radius 3 is 2.47 bits per heavy atom. The highest BCUT2D eigenvalue weighted by Crippen LogP contribution is 2.22. The predicted octanol–water partition coefficient (Wildman–Crippen LogP) is 2.91. The van der Waals surface area contributed by atoms with Gasteiger partial charge in [0, 0.05) is 60.1 Å². The van der Waals surface area contributed by atoms with Crippen LogP contribution in [0.5, 0.6) is 0 Å². The Balaban J connectivity index is 0.00000363. The highest BCUT2D eigenvalue weighted by atomic mass is 127. The fourth-order valence-corrected chi connectivity index (χ4v) is 4.24. The predicted molar refractivity (Wildman–Crippen MR) is 135 cm³/mol. The van der Waals surface area contributed by atoms with E-state index in [0.717, 1.165) is 83.4 Å². The molecule has 32 heavy (non-hydrogen) atoms. The number of ether oxygens (including phenoxy) is 3. The van der Waals surface area contributed by atoms with Gasteiger partial charge in [-0.1, -0.05) is 12.1 Å². The number of piperidine rings is 1. The largest absolute Gasteiger partial charge is 0.385 e. The van der Waals surface area contributed by atoms with Gasteiger partial charge in [-0.25, -0.2) is 4.39 Å². The number of guanidine groups is 1. The second-order valence-electron chi connectivity index (χ2n) is 8.05. The first-order chi connectivity index (χ1) is 15.2. The normalized spacial score (nSPS) is 19.5. The molecule has 0 saturated carbocycles. The van der Waals surface area contributed by atoms with E-state index in [1.165, 1.54) is 12.1 Å². The number of methoxy groups -OCH3 is 1. The van der Waals surface area contributed by atoms with Crippen molar-refractivity contribution in [1.29, 1.82) is 0 Å². The third-order valence-electron chi connectivity index (χ3n) is 5.99. The molecule has 3 rings (SSSR count). The minimum absolute atomic E-state index is 0. The average molecular weight is 564 g/mol. The van der Waals surface area contributed by atoms with Crippen LogP contribution in [0.25, 0.3) is 0 Å². The summed E-state index contributed by atoms with van der Waals surface area (Å²) in [7, 11) is 3.55. The molecule has 2 saturated heterocycles. The number of hydrogen-bond donors (Lipinski definition) is 1. The van der Waals surface area contributed by atoms with Crippen molar-refractivity contribution in [3.63, 3.8) is 0 Å². The molecule has 9 heteroatoms. The number of likely N-dealkylation sites (tertiary alicyclic amines) is 1. The van der Waals surface area contributed by atoms with E-state index in [9.17, 15) is 4.39 Å². The van der Waals surface area contributed by atoms with Gasteiger partial charge in [0.05, 0.1) is 25.4 Å². The molecule has 182 valence electrons. The molecule has 0 radical (unpaired) electrons. The molecular formula is C23H38FIN4O3. The number of benzene rings is 1. The van der Waals surface area contributed by atoms with E-state index in [4.69, 9.17) is 14.2 Å². The van der Waals surface area contributed by atoms with Crippen molar-refractivity contribution >= 4 is 29.9 Å². The van der Waals surface area contributed by atoms with Crippen LogP contribution in [0.4, 0.5) is 4.39 Å². The summed E-state index contributed by atoms with van der Waals surface area (Å²) in [6.45, 7) is 7.25. The molecular weight excluding hydrogens is 526 g/mol. The van der Waals surface area contributed by atoms with Crippen LogP contribution >= 0.6 is 24.0 Å². The van der Waals surface area contributed by atoms with E-state index in [0.29, 0.717) is 12.6 Å². The highest BCUT2D eigenvalue weighted by Gasteiger charge is 2.25. The Morgan fingerprint density at radius 2 is 1.84 bits per heavy atom. The Labute approximate surface area is 208 Å². The van der Waals surface area contributed by atoms with Gasteiger partial charge < -0.3 is 24.4 Å². The van der Waals surface area contributed by atoms with E-state index in [1.54, 1.807) is 7.11 Å². The first kappa shape index (κ1) is 27.2. The van der Waals surface area contributed by atoms with Gasteiger partial charge in [-0.3, -0.25) is 9.89 Å². The zero-order valence-corrected chi connectivity index (χ0v) is 21.6. The van der Waals surface area contributed by atoms with Gasteiger partial charge in [0.1, 0.15) is 5.82 Å². The fraction of sp³-hybridized carbons (Fsp3) is 0.696. The van der Waals surface area contributed by atoms with Gasteiger partial charge in [-0.15, -0.1) is 24.0 Å². The molecule has 0 aromatic heterocycles. The monoisotopic (exact) mass is 564 g/mol. The van der Waals surface area contributed by atoms with Crippen LogP contribution in [0.1, 0.15) is 30.9 Å². The van der Waals surface area contributed by atoms with E-state index in [-0.39, 0.29) is 35.8 Å². The number of nitrogens with zero attached hydrogens (tertiary/aromatic N) is 3. The lowest BCUT2D eigenvalue weighted by molar-refractivity contribution is 0.00928. The number of halogens is 2. The molecule has 1 aromatic rings.